The van der Waals surface area contributed by atoms with Crippen molar-refractivity contribution in [3.8, 4) is 16.9 Å². The Hall–Kier alpha value is -3.93. The van der Waals surface area contributed by atoms with Crippen molar-refractivity contribution < 1.29 is 12.6 Å². The minimum Gasteiger partial charge on any atom is -0.378 e. The van der Waals surface area contributed by atoms with Gasteiger partial charge in [0.05, 0.1) is 0 Å². The van der Waals surface area contributed by atoms with Crippen LogP contribution in [0.4, 0.5) is 0 Å². The lowest BCUT2D eigenvalue weighted by atomic mass is 9.89. The first kappa shape index (κ1) is 27.6. The maximum atomic E-state index is 13.5. The molecule has 4 nitrogen and oxygen atoms in total. The van der Waals surface area contributed by atoms with E-state index in [9.17, 15) is 8.42 Å². The Kier molecular flexibility index (Phi) is 7.79. The zero-order valence-corrected chi connectivity index (χ0v) is 24.5. The van der Waals surface area contributed by atoms with E-state index >= 15 is 0 Å². The average Bonchev–Trinajstić information content (AvgIpc) is 2.93. The molecule has 0 saturated carbocycles. The molecule has 5 heteroatoms. The second-order valence-electron chi connectivity index (χ2n) is 10.6. The van der Waals surface area contributed by atoms with Gasteiger partial charge in [-0.05, 0) is 91.5 Å². The van der Waals surface area contributed by atoms with Gasteiger partial charge in [0.1, 0.15) is 4.90 Å². The molecule has 0 radical (unpaired) electrons. The lowest BCUT2D eigenvalue weighted by molar-refractivity contribution is 0.253. The molecule has 0 unspecified atom stereocenters. The number of aryl methyl sites for hydroxylation is 3. The molecule has 0 saturated heterocycles. The smallest absolute Gasteiger partial charge is 0.339 e. The molecule has 204 valence electrons. The molecule has 0 N–H and O–H groups in total. The van der Waals surface area contributed by atoms with Crippen LogP contribution in [-0.2, 0) is 16.7 Å². The molecule has 0 spiro atoms. The van der Waals surface area contributed by atoms with Crippen LogP contribution in [0.15, 0.2) is 108 Å². The third-order valence-electron chi connectivity index (χ3n) is 7.58. The van der Waals surface area contributed by atoms with Gasteiger partial charge in [0, 0.05) is 18.2 Å². The average molecular weight is 550 g/mol. The van der Waals surface area contributed by atoms with Crippen LogP contribution < -0.4 is 4.18 Å². The molecular formula is C35H35NO3S. The van der Waals surface area contributed by atoms with Crippen molar-refractivity contribution in [1.29, 1.82) is 0 Å². The van der Waals surface area contributed by atoms with E-state index in [2.05, 4.69) is 73.5 Å². The summed E-state index contributed by atoms with van der Waals surface area (Å²) in [6.45, 7) is 8.79. The summed E-state index contributed by atoms with van der Waals surface area (Å²) in [4.78, 5) is 2.45. The topological polar surface area (TPSA) is 46.6 Å². The van der Waals surface area contributed by atoms with Gasteiger partial charge in [0.15, 0.2) is 5.75 Å². The van der Waals surface area contributed by atoms with E-state index in [-0.39, 0.29) is 10.9 Å². The van der Waals surface area contributed by atoms with Gasteiger partial charge in [0.25, 0.3) is 0 Å². The Balaban J connectivity index is 1.66. The summed E-state index contributed by atoms with van der Waals surface area (Å²) in [5.41, 5.74) is 7.03. The highest BCUT2D eigenvalue weighted by Gasteiger charge is 2.24. The molecule has 0 bridgehead atoms. The lowest BCUT2D eigenvalue weighted by Crippen LogP contribution is -2.22. The van der Waals surface area contributed by atoms with E-state index in [4.69, 9.17) is 4.18 Å². The van der Waals surface area contributed by atoms with E-state index in [1.165, 1.54) is 5.56 Å². The van der Waals surface area contributed by atoms with E-state index in [0.29, 0.717) is 12.3 Å². The highest BCUT2D eigenvalue weighted by Crippen LogP contribution is 2.42. The van der Waals surface area contributed by atoms with Crippen molar-refractivity contribution in [3.05, 3.63) is 131 Å². The summed E-state index contributed by atoms with van der Waals surface area (Å²) in [5, 5.41) is 2.15. The predicted molar refractivity (Wildman–Crippen MR) is 164 cm³/mol. The van der Waals surface area contributed by atoms with Crippen molar-refractivity contribution in [3.63, 3.8) is 0 Å². The fourth-order valence-electron chi connectivity index (χ4n) is 5.32. The van der Waals surface area contributed by atoms with Gasteiger partial charge in [0.2, 0.25) is 0 Å². The van der Waals surface area contributed by atoms with Crippen LogP contribution in [0.3, 0.4) is 0 Å². The number of benzene rings is 5. The first-order valence-electron chi connectivity index (χ1n) is 13.5. The molecule has 40 heavy (non-hydrogen) atoms. The molecule has 0 fully saturated rings. The third kappa shape index (κ3) is 5.67. The number of nitrogens with zero attached hydrogens (tertiary/aromatic N) is 1. The first-order valence-corrected chi connectivity index (χ1v) is 14.9. The number of fused-ring (bicyclic) bond motifs is 1. The molecule has 0 aromatic heterocycles. The Morgan fingerprint density at radius 1 is 0.750 bits per heavy atom. The van der Waals surface area contributed by atoms with Gasteiger partial charge in [-0.2, -0.15) is 8.42 Å². The Labute approximate surface area is 238 Å². The van der Waals surface area contributed by atoms with Crippen molar-refractivity contribution >= 4 is 20.9 Å². The van der Waals surface area contributed by atoms with Gasteiger partial charge < -0.3 is 4.18 Å². The van der Waals surface area contributed by atoms with Gasteiger partial charge in [-0.25, -0.2) is 0 Å². The first-order chi connectivity index (χ1) is 19.1. The summed E-state index contributed by atoms with van der Waals surface area (Å²) in [7, 11) is -1.92. The molecule has 0 heterocycles. The second-order valence-corrected chi connectivity index (χ2v) is 12.2. The van der Waals surface area contributed by atoms with Gasteiger partial charge in [-0.15, -0.1) is 0 Å². The second kappa shape index (κ2) is 11.3. The summed E-state index contributed by atoms with van der Waals surface area (Å²) in [6.07, 6.45) is 0. The van der Waals surface area contributed by atoms with Crippen LogP contribution in [-0.4, -0.2) is 20.4 Å². The van der Waals surface area contributed by atoms with E-state index in [1.54, 1.807) is 24.3 Å². The maximum absolute atomic E-state index is 13.5. The fraction of sp³-hybridized carbons (Fsp3) is 0.200. The number of hydrogen-bond acceptors (Lipinski definition) is 4. The molecular weight excluding hydrogens is 514 g/mol. The Morgan fingerprint density at radius 3 is 2.15 bits per heavy atom. The van der Waals surface area contributed by atoms with Crippen molar-refractivity contribution in [2.24, 2.45) is 0 Å². The van der Waals surface area contributed by atoms with Gasteiger partial charge >= 0.3 is 10.1 Å². The standard InChI is InChI=1S/C35H35NO3S/c1-24-15-19-31(20-16-24)40(37,38)39-33-22-25(2)21-26(3)34(33)35-30(18-17-29-13-9-10-14-32(29)35)23-36(5)27(4)28-11-7-6-8-12-28/h6-22,27H,23H2,1-5H3/t27-/m1/s1. The summed E-state index contributed by atoms with van der Waals surface area (Å²) in [6, 6.07) is 33.9. The zero-order valence-electron chi connectivity index (χ0n) is 23.7. The van der Waals surface area contributed by atoms with E-state index in [1.807, 2.05) is 45.0 Å². The van der Waals surface area contributed by atoms with Crippen LogP contribution in [0.2, 0.25) is 0 Å². The van der Waals surface area contributed by atoms with E-state index in [0.717, 1.165) is 44.2 Å². The monoisotopic (exact) mass is 549 g/mol. The predicted octanol–water partition coefficient (Wildman–Crippen LogP) is 8.39. The largest absolute Gasteiger partial charge is 0.378 e. The van der Waals surface area contributed by atoms with Crippen molar-refractivity contribution in [2.75, 3.05) is 7.05 Å². The quantitative estimate of drug-likeness (QED) is 0.182. The number of hydrogen-bond donors (Lipinski definition) is 0. The minimum absolute atomic E-state index is 0.137. The minimum atomic E-state index is -4.04. The van der Waals surface area contributed by atoms with Gasteiger partial charge in [-0.3, -0.25) is 4.90 Å². The van der Waals surface area contributed by atoms with Crippen LogP contribution in [0, 0.1) is 20.8 Å². The molecule has 5 aromatic rings. The van der Waals surface area contributed by atoms with Crippen LogP contribution in [0.25, 0.3) is 21.9 Å². The molecule has 5 rings (SSSR count). The molecule has 0 amide bonds. The van der Waals surface area contributed by atoms with Crippen LogP contribution >= 0.6 is 0 Å². The van der Waals surface area contributed by atoms with Gasteiger partial charge in [-0.1, -0.05) is 90.5 Å². The maximum Gasteiger partial charge on any atom is 0.339 e. The van der Waals surface area contributed by atoms with E-state index < -0.39 is 10.1 Å². The molecule has 0 aliphatic carbocycles. The summed E-state index contributed by atoms with van der Waals surface area (Å²) in [5.74, 6) is 0.342. The van der Waals surface area contributed by atoms with Crippen LogP contribution in [0.5, 0.6) is 5.75 Å². The van der Waals surface area contributed by atoms with Crippen molar-refractivity contribution in [1.82, 2.24) is 4.90 Å². The van der Waals surface area contributed by atoms with Crippen molar-refractivity contribution in [2.45, 2.75) is 45.2 Å². The molecule has 1 atom stereocenters. The summed E-state index contributed by atoms with van der Waals surface area (Å²) >= 11 is 0. The molecule has 5 aromatic carbocycles. The molecule has 0 aliphatic rings. The normalized spacial score (nSPS) is 12.6. The highest BCUT2D eigenvalue weighted by molar-refractivity contribution is 7.87. The van der Waals surface area contributed by atoms with Crippen LogP contribution in [0.1, 0.15) is 40.8 Å². The fourth-order valence-corrected chi connectivity index (χ4v) is 6.25. The Morgan fingerprint density at radius 2 is 1.43 bits per heavy atom. The summed E-state index contributed by atoms with van der Waals surface area (Å²) < 4.78 is 32.9. The molecule has 0 aliphatic heterocycles. The zero-order chi connectivity index (χ0) is 28.4. The Bertz CT molecular complexity index is 1760. The SMILES string of the molecule is Cc1ccc(S(=O)(=O)Oc2cc(C)cc(C)c2-c2c(CN(C)[C@H](C)c3ccccc3)ccc3ccccc23)cc1. The number of rotatable bonds is 8. The highest BCUT2D eigenvalue weighted by atomic mass is 32.2. The lowest BCUT2D eigenvalue weighted by Gasteiger charge is -2.27. The third-order valence-corrected chi connectivity index (χ3v) is 8.83.